The van der Waals surface area contributed by atoms with Gasteiger partial charge in [-0.2, -0.15) is 0 Å². The SMILES string of the molecule is COc1ccccc1C(=O)Nc1ccc2c(c1)C(=O)N(C)C[C@H](OC)[C@H](C)CN(C)[C@@H](C)CO2. The van der Waals surface area contributed by atoms with E-state index in [1.54, 1.807) is 61.5 Å². The molecule has 0 spiro atoms. The zero-order chi connectivity index (χ0) is 24.8. The first-order chi connectivity index (χ1) is 16.2. The summed E-state index contributed by atoms with van der Waals surface area (Å²) < 4.78 is 17.1. The van der Waals surface area contributed by atoms with E-state index in [4.69, 9.17) is 14.2 Å². The van der Waals surface area contributed by atoms with E-state index in [0.29, 0.717) is 41.5 Å². The highest BCUT2D eigenvalue weighted by atomic mass is 16.5. The number of amides is 2. The van der Waals surface area contributed by atoms with Crippen molar-refractivity contribution in [1.82, 2.24) is 9.80 Å². The van der Waals surface area contributed by atoms with Crippen LogP contribution in [0, 0.1) is 5.92 Å². The lowest BCUT2D eigenvalue weighted by Crippen LogP contribution is -2.45. The first kappa shape index (κ1) is 25.5. The predicted molar refractivity (Wildman–Crippen MR) is 132 cm³/mol. The Labute approximate surface area is 201 Å². The number of benzene rings is 2. The lowest BCUT2D eigenvalue weighted by molar-refractivity contribution is 0.0150. The fourth-order valence-corrected chi connectivity index (χ4v) is 4.07. The van der Waals surface area contributed by atoms with Gasteiger partial charge < -0.3 is 24.4 Å². The van der Waals surface area contributed by atoms with Gasteiger partial charge in [0.1, 0.15) is 18.1 Å². The first-order valence-electron chi connectivity index (χ1n) is 11.4. The van der Waals surface area contributed by atoms with Gasteiger partial charge in [0, 0.05) is 39.0 Å². The lowest BCUT2D eigenvalue weighted by atomic mass is 10.0. The van der Waals surface area contributed by atoms with Crippen LogP contribution in [0.4, 0.5) is 5.69 Å². The van der Waals surface area contributed by atoms with Gasteiger partial charge in [0.2, 0.25) is 0 Å². The molecule has 1 N–H and O–H groups in total. The maximum Gasteiger partial charge on any atom is 0.259 e. The highest BCUT2D eigenvalue weighted by molar-refractivity contribution is 6.07. The summed E-state index contributed by atoms with van der Waals surface area (Å²) in [7, 11) is 7.02. The molecule has 0 aromatic heterocycles. The van der Waals surface area contributed by atoms with E-state index < -0.39 is 0 Å². The third-order valence-electron chi connectivity index (χ3n) is 6.37. The molecule has 0 saturated heterocycles. The molecule has 1 aliphatic heterocycles. The Kier molecular flexibility index (Phi) is 8.52. The van der Waals surface area contributed by atoms with Crippen LogP contribution in [0.15, 0.2) is 42.5 Å². The normalized spacial score (nSPS) is 22.1. The van der Waals surface area contributed by atoms with Gasteiger partial charge >= 0.3 is 0 Å². The van der Waals surface area contributed by atoms with Crippen molar-refractivity contribution in [2.24, 2.45) is 5.92 Å². The fraction of sp³-hybridized carbons (Fsp3) is 0.462. The van der Waals surface area contributed by atoms with E-state index in [1.807, 2.05) is 0 Å². The Morgan fingerprint density at radius 1 is 1.09 bits per heavy atom. The number of carbonyl (C=O) groups is 2. The number of rotatable bonds is 4. The van der Waals surface area contributed by atoms with E-state index >= 15 is 0 Å². The van der Waals surface area contributed by atoms with Crippen molar-refractivity contribution in [3.63, 3.8) is 0 Å². The van der Waals surface area contributed by atoms with Crippen molar-refractivity contribution < 1.29 is 23.8 Å². The molecule has 34 heavy (non-hydrogen) atoms. The number of para-hydroxylation sites is 1. The molecule has 8 nitrogen and oxygen atoms in total. The summed E-state index contributed by atoms with van der Waals surface area (Å²) in [6.45, 7) is 5.91. The molecular formula is C26H35N3O5. The van der Waals surface area contributed by atoms with Crippen molar-refractivity contribution >= 4 is 17.5 Å². The lowest BCUT2D eigenvalue weighted by Gasteiger charge is -2.34. The Morgan fingerprint density at radius 3 is 2.53 bits per heavy atom. The molecule has 0 fully saturated rings. The smallest absolute Gasteiger partial charge is 0.259 e. The van der Waals surface area contributed by atoms with Crippen molar-refractivity contribution in [1.29, 1.82) is 0 Å². The molecule has 0 aliphatic carbocycles. The van der Waals surface area contributed by atoms with Gasteiger partial charge in [0.15, 0.2) is 0 Å². The van der Waals surface area contributed by atoms with Crippen molar-refractivity contribution in [2.45, 2.75) is 26.0 Å². The first-order valence-corrected chi connectivity index (χ1v) is 11.4. The quantitative estimate of drug-likeness (QED) is 0.740. The molecule has 2 amide bonds. The minimum Gasteiger partial charge on any atom is -0.496 e. The minimum atomic E-state index is -0.323. The third kappa shape index (κ3) is 5.87. The molecule has 1 heterocycles. The average Bonchev–Trinajstić information content (AvgIpc) is 2.84. The summed E-state index contributed by atoms with van der Waals surface area (Å²) in [5, 5.41) is 2.87. The molecule has 1 aliphatic rings. The number of ether oxygens (including phenoxy) is 3. The van der Waals surface area contributed by atoms with Crippen LogP contribution in [-0.4, -0.2) is 81.8 Å². The minimum absolute atomic E-state index is 0.110. The van der Waals surface area contributed by atoms with Gasteiger partial charge in [-0.3, -0.25) is 14.5 Å². The summed E-state index contributed by atoms with van der Waals surface area (Å²) in [6.07, 6.45) is -0.110. The summed E-state index contributed by atoms with van der Waals surface area (Å²) in [5.74, 6) is 0.659. The summed E-state index contributed by atoms with van der Waals surface area (Å²) in [5.41, 5.74) is 1.29. The van der Waals surface area contributed by atoms with Crippen LogP contribution in [0.2, 0.25) is 0 Å². The Morgan fingerprint density at radius 2 is 1.82 bits per heavy atom. The average molecular weight is 470 g/mol. The number of carbonyl (C=O) groups excluding carboxylic acids is 2. The molecule has 0 saturated carbocycles. The van der Waals surface area contributed by atoms with Gasteiger partial charge in [0.05, 0.1) is 24.3 Å². The van der Waals surface area contributed by atoms with E-state index in [-0.39, 0.29) is 29.9 Å². The van der Waals surface area contributed by atoms with Crippen LogP contribution < -0.4 is 14.8 Å². The second kappa shape index (κ2) is 11.4. The second-order valence-electron chi connectivity index (χ2n) is 8.90. The molecular weight excluding hydrogens is 434 g/mol. The number of anilines is 1. The Balaban J connectivity index is 1.92. The maximum atomic E-state index is 13.4. The van der Waals surface area contributed by atoms with E-state index in [1.165, 1.54) is 7.11 Å². The number of nitrogens with zero attached hydrogens (tertiary/aromatic N) is 2. The fourth-order valence-electron chi connectivity index (χ4n) is 4.07. The number of hydrogen-bond acceptors (Lipinski definition) is 6. The number of fused-ring (bicyclic) bond motifs is 1. The second-order valence-corrected chi connectivity index (χ2v) is 8.90. The molecule has 2 aromatic carbocycles. The van der Waals surface area contributed by atoms with Gasteiger partial charge in [-0.05, 0) is 50.2 Å². The molecule has 2 aromatic rings. The molecule has 0 radical (unpaired) electrons. The molecule has 3 atom stereocenters. The number of nitrogens with one attached hydrogen (secondary N) is 1. The van der Waals surface area contributed by atoms with Gasteiger partial charge in [0.25, 0.3) is 11.8 Å². The molecule has 8 heteroatoms. The van der Waals surface area contributed by atoms with E-state index in [2.05, 4.69) is 31.1 Å². The van der Waals surface area contributed by atoms with E-state index in [9.17, 15) is 9.59 Å². The van der Waals surface area contributed by atoms with Gasteiger partial charge in [-0.25, -0.2) is 0 Å². The van der Waals surface area contributed by atoms with Crippen LogP contribution in [0.5, 0.6) is 11.5 Å². The standard InChI is InChI=1S/C26H35N3O5/c1-17-14-28(3)18(2)16-34-23-12-11-19(13-21(23)26(31)29(4)15-24(17)33-6)27-25(30)20-9-7-8-10-22(20)32-5/h7-13,17-18,24H,14-16H2,1-6H3,(H,27,30)/t17-,18+,24+/m1/s1. The highest BCUT2D eigenvalue weighted by Gasteiger charge is 2.27. The molecule has 0 unspecified atom stereocenters. The van der Waals surface area contributed by atoms with Crippen LogP contribution in [-0.2, 0) is 4.74 Å². The van der Waals surface area contributed by atoms with Crippen LogP contribution >= 0.6 is 0 Å². The van der Waals surface area contributed by atoms with E-state index in [0.717, 1.165) is 6.54 Å². The topological polar surface area (TPSA) is 80.3 Å². The number of methoxy groups -OCH3 is 2. The van der Waals surface area contributed by atoms with Crippen molar-refractivity contribution in [3.8, 4) is 11.5 Å². The highest BCUT2D eigenvalue weighted by Crippen LogP contribution is 2.27. The third-order valence-corrected chi connectivity index (χ3v) is 6.37. The maximum absolute atomic E-state index is 13.4. The van der Waals surface area contributed by atoms with Gasteiger partial charge in [-0.1, -0.05) is 19.1 Å². The molecule has 184 valence electrons. The molecule has 3 rings (SSSR count). The predicted octanol–water partition coefficient (Wildman–Crippen LogP) is 3.38. The van der Waals surface area contributed by atoms with Gasteiger partial charge in [-0.15, -0.1) is 0 Å². The number of hydrogen-bond donors (Lipinski definition) is 1. The summed E-state index contributed by atoms with van der Waals surface area (Å²) in [4.78, 5) is 30.2. The Hall–Kier alpha value is -3.10. The monoisotopic (exact) mass is 469 g/mol. The molecule has 0 bridgehead atoms. The summed E-state index contributed by atoms with van der Waals surface area (Å²) >= 11 is 0. The Bertz CT molecular complexity index is 1010. The van der Waals surface area contributed by atoms with Crippen LogP contribution in [0.1, 0.15) is 34.6 Å². The van der Waals surface area contributed by atoms with Crippen molar-refractivity contribution in [2.75, 3.05) is 53.3 Å². The van der Waals surface area contributed by atoms with Crippen molar-refractivity contribution in [3.05, 3.63) is 53.6 Å². The largest absolute Gasteiger partial charge is 0.496 e. The van der Waals surface area contributed by atoms with Crippen LogP contribution in [0.25, 0.3) is 0 Å². The zero-order valence-electron chi connectivity index (χ0n) is 20.8. The zero-order valence-corrected chi connectivity index (χ0v) is 20.8. The van der Waals surface area contributed by atoms with Crippen LogP contribution in [0.3, 0.4) is 0 Å². The number of likely N-dealkylation sites (N-methyl/N-ethyl adjacent to an activating group) is 2. The summed E-state index contributed by atoms with van der Waals surface area (Å²) in [6, 6.07) is 12.3.